The Kier molecular flexibility index (Phi) is 9.08. The van der Waals surface area contributed by atoms with Gasteiger partial charge in [0, 0.05) is 10.4 Å². The summed E-state index contributed by atoms with van der Waals surface area (Å²) in [6, 6.07) is 12.0. The topological polar surface area (TPSA) is 106 Å². The summed E-state index contributed by atoms with van der Waals surface area (Å²) in [4.78, 5) is 39.1. The fourth-order valence-electron chi connectivity index (χ4n) is 4.19. The standard InChI is InChI=1S/C29H30FN3O5S/c1-4-37-29(36)25-23-14-5-17(2)15-24(23)39-28(25)32-27(35)20-8-12-22(13-9-20)38-18(3)26(34)33-31-16-19-6-10-21(30)11-7-19/h6-13,16-18H,4-5,14-15H2,1-3H3,(H,32,35)(H,33,34). The van der Waals surface area contributed by atoms with Crippen molar-refractivity contribution in [3.05, 3.63) is 81.5 Å². The molecule has 204 valence electrons. The zero-order chi connectivity index (χ0) is 27.9. The van der Waals surface area contributed by atoms with Crippen LogP contribution in [0.5, 0.6) is 5.75 Å². The molecule has 0 fully saturated rings. The molecule has 0 saturated heterocycles. The molecule has 4 rings (SSSR count). The molecule has 1 aliphatic carbocycles. The van der Waals surface area contributed by atoms with Gasteiger partial charge in [-0.05, 0) is 86.6 Å². The van der Waals surface area contributed by atoms with E-state index in [4.69, 9.17) is 9.47 Å². The molecule has 1 aromatic heterocycles. The first-order chi connectivity index (χ1) is 18.7. The van der Waals surface area contributed by atoms with Crippen LogP contribution >= 0.6 is 11.3 Å². The number of carbonyl (C=O) groups is 3. The summed E-state index contributed by atoms with van der Waals surface area (Å²) >= 11 is 1.43. The second-order valence-electron chi connectivity index (χ2n) is 9.30. The molecular formula is C29H30FN3O5S. The van der Waals surface area contributed by atoms with Crippen molar-refractivity contribution in [1.82, 2.24) is 5.43 Å². The average Bonchev–Trinajstić information content (AvgIpc) is 3.27. The van der Waals surface area contributed by atoms with Crippen LogP contribution < -0.4 is 15.5 Å². The number of thiophene rings is 1. The molecule has 2 aromatic carbocycles. The highest BCUT2D eigenvalue weighted by Gasteiger charge is 2.29. The molecule has 0 spiro atoms. The van der Waals surface area contributed by atoms with E-state index < -0.39 is 18.0 Å². The van der Waals surface area contributed by atoms with Gasteiger partial charge in [-0.25, -0.2) is 14.6 Å². The van der Waals surface area contributed by atoms with Gasteiger partial charge in [-0.2, -0.15) is 5.10 Å². The van der Waals surface area contributed by atoms with Gasteiger partial charge in [0.25, 0.3) is 11.8 Å². The number of benzene rings is 2. The first-order valence-corrected chi connectivity index (χ1v) is 13.5. The van der Waals surface area contributed by atoms with E-state index in [2.05, 4.69) is 22.8 Å². The lowest BCUT2D eigenvalue weighted by Crippen LogP contribution is -2.33. The summed E-state index contributed by atoms with van der Waals surface area (Å²) in [5.74, 6) is -0.698. The lowest BCUT2D eigenvalue weighted by Gasteiger charge is -2.18. The summed E-state index contributed by atoms with van der Waals surface area (Å²) in [7, 11) is 0. The maximum absolute atomic E-state index is 13.0. The Morgan fingerprint density at radius 1 is 1.15 bits per heavy atom. The number of hydrogen-bond acceptors (Lipinski definition) is 7. The van der Waals surface area contributed by atoms with Crippen LogP contribution in [-0.2, 0) is 22.4 Å². The smallest absolute Gasteiger partial charge is 0.341 e. The van der Waals surface area contributed by atoms with Crippen molar-refractivity contribution in [2.24, 2.45) is 11.0 Å². The molecule has 2 atom stereocenters. The maximum atomic E-state index is 13.0. The predicted molar refractivity (Wildman–Crippen MR) is 148 cm³/mol. The first-order valence-electron chi connectivity index (χ1n) is 12.7. The Labute approximate surface area is 230 Å². The summed E-state index contributed by atoms with van der Waals surface area (Å²) in [6.07, 6.45) is 3.18. The zero-order valence-corrected chi connectivity index (χ0v) is 22.8. The van der Waals surface area contributed by atoms with Gasteiger partial charge in [-0.1, -0.05) is 19.1 Å². The van der Waals surface area contributed by atoms with Gasteiger partial charge in [-0.3, -0.25) is 9.59 Å². The van der Waals surface area contributed by atoms with Crippen LogP contribution in [0.25, 0.3) is 0 Å². The van der Waals surface area contributed by atoms with Gasteiger partial charge < -0.3 is 14.8 Å². The molecular weight excluding hydrogens is 521 g/mol. The van der Waals surface area contributed by atoms with Crippen LogP contribution in [0.3, 0.4) is 0 Å². The van der Waals surface area contributed by atoms with E-state index in [1.165, 1.54) is 41.8 Å². The monoisotopic (exact) mass is 551 g/mol. The van der Waals surface area contributed by atoms with Crippen molar-refractivity contribution < 1.29 is 28.2 Å². The van der Waals surface area contributed by atoms with Crippen LogP contribution in [0.15, 0.2) is 53.6 Å². The summed E-state index contributed by atoms with van der Waals surface area (Å²) < 4.78 is 23.9. The number of nitrogens with zero attached hydrogens (tertiary/aromatic N) is 1. The number of carbonyl (C=O) groups excluding carboxylic acids is 3. The van der Waals surface area contributed by atoms with E-state index >= 15 is 0 Å². The molecule has 1 heterocycles. The van der Waals surface area contributed by atoms with Gasteiger partial charge >= 0.3 is 5.97 Å². The molecule has 8 nitrogen and oxygen atoms in total. The largest absolute Gasteiger partial charge is 0.481 e. The molecule has 2 N–H and O–H groups in total. The number of anilines is 1. The number of halogens is 1. The SMILES string of the molecule is CCOC(=O)c1c(NC(=O)c2ccc(OC(C)C(=O)NN=Cc3ccc(F)cc3)cc2)sc2c1CCC(C)C2. The zero-order valence-electron chi connectivity index (χ0n) is 22.0. The van der Waals surface area contributed by atoms with Crippen LogP contribution in [-0.4, -0.2) is 36.7 Å². The summed E-state index contributed by atoms with van der Waals surface area (Å²) in [5, 5.41) is 7.26. The number of rotatable bonds is 9. The van der Waals surface area contributed by atoms with Crippen molar-refractivity contribution in [2.75, 3.05) is 11.9 Å². The molecule has 2 amide bonds. The minimum Gasteiger partial charge on any atom is -0.481 e. The third-order valence-electron chi connectivity index (χ3n) is 6.28. The number of amides is 2. The van der Waals surface area contributed by atoms with Crippen LogP contribution in [0.4, 0.5) is 9.39 Å². The Balaban J connectivity index is 1.37. The average molecular weight is 552 g/mol. The Morgan fingerprint density at radius 2 is 1.87 bits per heavy atom. The van der Waals surface area contributed by atoms with Crippen LogP contribution in [0, 0.1) is 11.7 Å². The lowest BCUT2D eigenvalue weighted by molar-refractivity contribution is -0.127. The van der Waals surface area contributed by atoms with Gasteiger partial charge in [0.05, 0.1) is 18.4 Å². The number of fused-ring (bicyclic) bond motifs is 1. The number of hydrogen-bond donors (Lipinski definition) is 2. The van der Waals surface area contributed by atoms with Gasteiger partial charge in [0.1, 0.15) is 16.6 Å². The summed E-state index contributed by atoms with van der Waals surface area (Å²) in [6.45, 7) is 5.76. The number of hydrazone groups is 1. The predicted octanol–water partition coefficient (Wildman–Crippen LogP) is 5.36. The van der Waals surface area contributed by atoms with Crippen molar-refractivity contribution in [1.29, 1.82) is 0 Å². The molecule has 0 bridgehead atoms. The van der Waals surface area contributed by atoms with E-state index in [1.807, 2.05) is 0 Å². The van der Waals surface area contributed by atoms with Crippen molar-refractivity contribution >= 4 is 40.3 Å². The number of esters is 1. The third kappa shape index (κ3) is 7.08. The third-order valence-corrected chi connectivity index (χ3v) is 7.45. The second-order valence-corrected chi connectivity index (χ2v) is 10.4. The second kappa shape index (κ2) is 12.7. The number of ether oxygens (including phenoxy) is 2. The maximum Gasteiger partial charge on any atom is 0.341 e. The van der Waals surface area contributed by atoms with E-state index in [0.717, 1.165) is 29.7 Å². The van der Waals surface area contributed by atoms with Gasteiger partial charge in [0.15, 0.2) is 6.10 Å². The van der Waals surface area contributed by atoms with Crippen molar-refractivity contribution in [3.63, 3.8) is 0 Å². The highest BCUT2D eigenvalue weighted by molar-refractivity contribution is 7.17. The van der Waals surface area contributed by atoms with E-state index in [0.29, 0.717) is 33.4 Å². The fourth-order valence-corrected chi connectivity index (χ4v) is 5.58. The van der Waals surface area contributed by atoms with Crippen LogP contribution in [0.1, 0.15) is 63.9 Å². The van der Waals surface area contributed by atoms with Crippen molar-refractivity contribution in [3.8, 4) is 5.75 Å². The quantitative estimate of drug-likeness (QED) is 0.212. The van der Waals surface area contributed by atoms with Crippen LogP contribution in [0.2, 0.25) is 0 Å². The molecule has 0 radical (unpaired) electrons. The molecule has 0 saturated carbocycles. The van der Waals surface area contributed by atoms with Crippen molar-refractivity contribution in [2.45, 2.75) is 46.1 Å². The lowest BCUT2D eigenvalue weighted by atomic mass is 9.88. The summed E-state index contributed by atoms with van der Waals surface area (Å²) in [5.41, 5.74) is 4.82. The number of nitrogens with one attached hydrogen (secondary N) is 2. The van der Waals surface area contributed by atoms with E-state index in [-0.39, 0.29) is 18.3 Å². The van der Waals surface area contributed by atoms with Gasteiger partial charge in [0.2, 0.25) is 0 Å². The molecule has 10 heteroatoms. The molecule has 1 aliphatic rings. The van der Waals surface area contributed by atoms with E-state index in [1.54, 1.807) is 38.1 Å². The molecule has 3 aromatic rings. The highest BCUT2D eigenvalue weighted by Crippen LogP contribution is 2.40. The molecule has 39 heavy (non-hydrogen) atoms. The Hall–Kier alpha value is -4.05. The first kappa shape index (κ1) is 28.0. The Bertz CT molecular complexity index is 1370. The normalized spacial score (nSPS) is 15.3. The molecule has 0 aliphatic heterocycles. The highest BCUT2D eigenvalue weighted by atomic mass is 32.1. The van der Waals surface area contributed by atoms with Gasteiger partial charge in [-0.15, -0.1) is 11.3 Å². The van der Waals surface area contributed by atoms with E-state index in [9.17, 15) is 18.8 Å². The minimum absolute atomic E-state index is 0.256. The molecule has 2 unspecified atom stereocenters. The minimum atomic E-state index is -0.859. The fraction of sp³-hybridized carbons (Fsp3) is 0.310. The Morgan fingerprint density at radius 3 is 2.56 bits per heavy atom.